The fourth-order valence-electron chi connectivity index (χ4n) is 4.03. The van der Waals surface area contributed by atoms with Crippen LogP contribution in [0.5, 0.6) is 0 Å². The second-order valence-electron chi connectivity index (χ2n) is 6.93. The standard InChI is InChI=1S/C25H21ClN2O2/c1-2-30-24(29)21-23(27)28-22(17-13-15-20(26)16-14-17)25(21,18-9-5-3-6-10-18)19-11-7-4-8-12-19/h3-16H,2,27H2,1H3. The maximum atomic E-state index is 13.2. The van der Waals surface area contributed by atoms with E-state index in [1.165, 1.54) is 0 Å². The van der Waals surface area contributed by atoms with Crippen molar-refractivity contribution in [1.82, 2.24) is 0 Å². The molecule has 0 amide bonds. The molecule has 0 fully saturated rings. The van der Waals surface area contributed by atoms with Crippen molar-refractivity contribution in [1.29, 1.82) is 0 Å². The number of rotatable bonds is 5. The largest absolute Gasteiger partial charge is 0.462 e. The van der Waals surface area contributed by atoms with Gasteiger partial charge < -0.3 is 10.5 Å². The Kier molecular flexibility index (Phi) is 5.42. The predicted molar refractivity (Wildman–Crippen MR) is 119 cm³/mol. The van der Waals surface area contributed by atoms with Crippen molar-refractivity contribution < 1.29 is 9.53 Å². The monoisotopic (exact) mass is 416 g/mol. The first-order valence-corrected chi connectivity index (χ1v) is 10.1. The van der Waals surface area contributed by atoms with E-state index in [0.717, 1.165) is 16.7 Å². The summed E-state index contributed by atoms with van der Waals surface area (Å²) >= 11 is 6.12. The normalized spacial score (nSPS) is 15.1. The van der Waals surface area contributed by atoms with Gasteiger partial charge in [0, 0.05) is 5.02 Å². The summed E-state index contributed by atoms with van der Waals surface area (Å²) in [4.78, 5) is 17.9. The maximum absolute atomic E-state index is 13.2. The molecule has 3 aromatic rings. The molecule has 1 aliphatic rings. The highest BCUT2D eigenvalue weighted by Crippen LogP contribution is 2.47. The van der Waals surface area contributed by atoms with E-state index in [0.29, 0.717) is 16.3 Å². The molecule has 150 valence electrons. The minimum atomic E-state index is -1.01. The first-order chi connectivity index (χ1) is 14.6. The van der Waals surface area contributed by atoms with Crippen molar-refractivity contribution in [2.24, 2.45) is 10.7 Å². The van der Waals surface area contributed by atoms with E-state index < -0.39 is 11.4 Å². The van der Waals surface area contributed by atoms with Gasteiger partial charge in [-0.25, -0.2) is 9.79 Å². The van der Waals surface area contributed by atoms with Crippen LogP contribution in [0.15, 0.2) is 101 Å². The lowest BCUT2D eigenvalue weighted by atomic mass is 9.65. The summed E-state index contributed by atoms with van der Waals surface area (Å²) in [6.45, 7) is 2.02. The quantitative estimate of drug-likeness (QED) is 0.604. The number of aliphatic imine (C=N–C) groups is 1. The number of hydrogen-bond acceptors (Lipinski definition) is 4. The highest BCUT2D eigenvalue weighted by Gasteiger charge is 2.52. The zero-order valence-electron chi connectivity index (χ0n) is 16.5. The SMILES string of the molecule is CCOC(=O)C1=C(N)N=C(c2ccc(Cl)cc2)C1(c1ccccc1)c1ccccc1. The van der Waals surface area contributed by atoms with Crippen molar-refractivity contribution >= 4 is 23.3 Å². The highest BCUT2D eigenvalue weighted by molar-refractivity contribution is 6.30. The summed E-state index contributed by atoms with van der Waals surface area (Å²) in [5.41, 5.74) is 8.96. The van der Waals surface area contributed by atoms with E-state index in [2.05, 4.69) is 0 Å². The molecule has 0 spiro atoms. The number of hydrogen-bond donors (Lipinski definition) is 1. The molecule has 1 aliphatic heterocycles. The minimum absolute atomic E-state index is 0.158. The third-order valence-electron chi connectivity index (χ3n) is 5.23. The maximum Gasteiger partial charge on any atom is 0.339 e. The van der Waals surface area contributed by atoms with Gasteiger partial charge in [-0.05, 0) is 35.7 Å². The summed E-state index contributed by atoms with van der Waals surface area (Å²) in [6, 6.07) is 27.0. The fraction of sp³-hybridized carbons (Fsp3) is 0.120. The van der Waals surface area contributed by atoms with Gasteiger partial charge in [-0.2, -0.15) is 0 Å². The first-order valence-electron chi connectivity index (χ1n) is 9.72. The highest BCUT2D eigenvalue weighted by atomic mass is 35.5. The second-order valence-corrected chi connectivity index (χ2v) is 7.37. The van der Waals surface area contributed by atoms with Crippen LogP contribution < -0.4 is 5.73 Å². The Bertz CT molecular complexity index is 1080. The molecule has 0 unspecified atom stereocenters. The van der Waals surface area contributed by atoms with Crippen LogP contribution in [0.1, 0.15) is 23.6 Å². The number of esters is 1. The number of benzene rings is 3. The second kappa shape index (κ2) is 8.17. The zero-order chi connectivity index (χ0) is 21.1. The summed E-state index contributed by atoms with van der Waals surface area (Å²) < 4.78 is 5.43. The van der Waals surface area contributed by atoms with E-state index in [4.69, 9.17) is 27.1 Å². The molecule has 5 heteroatoms. The van der Waals surface area contributed by atoms with Crippen LogP contribution in [-0.2, 0) is 14.9 Å². The van der Waals surface area contributed by atoms with Gasteiger partial charge in [0.25, 0.3) is 0 Å². The Morgan fingerprint density at radius 1 is 0.933 bits per heavy atom. The molecule has 1 heterocycles. The minimum Gasteiger partial charge on any atom is -0.462 e. The number of halogens is 1. The van der Waals surface area contributed by atoms with Crippen molar-refractivity contribution in [2.45, 2.75) is 12.3 Å². The number of ether oxygens (including phenoxy) is 1. The molecule has 0 radical (unpaired) electrons. The van der Waals surface area contributed by atoms with Crippen LogP contribution in [0, 0.1) is 0 Å². The van der Waals surface area contributed by atoms with Gasteiger partial charge in [0.05, 0.1) is 17.7 Å². The van der Waals surface area contributed by atoms with Crippen molar-refractivity contribution in [3.05, 3.63) is 118 Å². The van der Waals surface area contributed by atoms with Crippen molar-refractivity contribution in [2.75, 3.05) is 6.61 Å². The van der Waals surface area contributed by atoms with E-state index in [-0.39, 0.29) is 12.4 Å². The van der Waals surface area contributed by atoms with E-state index in [1.807, 2.05) is 72.8 Å². The third-order valence-corrected chi connectivity index (χ3v) is 5.48. The van der Waals surface area contributed by atoms with Crippen molar-refractivity contribution in [3.8, 4) is 0 Å². The van der Waals surface area contributed by atoms with Crippen LogP contribution in [0.4, 0.5) is 0 Å². The molecule has 30 heavy (non-hydrogen) atoms. The van der Waals surface area contributed by atoms with Crippen LogP contribution in [-0.4, -0.2) is 18.3 Å². The molecule has 0 bridgehead atoms. The van der Waals surface area contributed by atoms with Crippen molar-refractivity contribution in [3.63, 3.8) is 0 Å². The van der Waals surface area contributed by atoms with Gasteiger partial charge in [0.15, 0.2) is 0 Å². The molecule has 2 N–H and O–H groups in total. The van der Waals surface area contributed by atoms with E-state index >= 15 is 0 Å². The average molecular weight is 417 g/mol. The molecule has 4 nitrogen and oxygen atoms in total. The Labute approximate surface area is 180 Å². The number of nitrogens with zero attached hydrogens (tertiary/aromatic N) is 1. The molecule has 4 rings (SSSR count). The zero-order valence-corrected chi connectivity index (χ0v) is 17.3. The van der Waals surface area contributed by atoms with Crippen LogP contribution in [0.2, 0.25) is 5.02 Å². The Balaban J connectivity index is 2.07. The lowest BCUT2D eigenvalue weighted by Gasteiger charge is -2.34. The van der Waals surface area contributed by atoms with Crippen LogP contribution in [0.25, 0.3) is 0 Å². The fourth-order valence-corrected chi connectivity index (χ4v) is 4.15. The van der Waals surface area contributed by atoms with E-state index in [1.54, 1.807) is 19.1 Å². The number of carbonyl (C=O) groups excluding carboxylic acids is 1. The summed E-state index contributed by atoms with van der Waals surface area (Å²) in [5, 5.41) is 0.619. The van der Waals surface area contributed by atoms with Crippen LogP contribution >= 0.6 is 11.6 Å². The molecular weight excluding hydrogens is 396 g/mol. The molecule has 0 atom stereocenters. The first kappa shape index (κ1) is 19.9. The summed E-state index contributed by atoms with van der Waals surface area (Å²) in [6.07, 6.45) is 0. The molecule has 0 saturated carbocycles. The Hall–Kier alpha value is -3.37. The van der Waals surface area contributed by atoms with Gasteiger partial charge in [0.2, 0.25) is 0 Å². The van der Waals surface area contributed by atoms with Crippen LogP contribution in [0.3, 0.4) is 0 Å². The number of nitrogens with two attached hydrogens (primary N) is 1. The topological polar surface area (TPSA) is 64.7 Å². The van der Waals surface area contributed by atoms with Gasteiger partial charge >= 0.3 is 5.97 Å². The average Bonchev–Trinajstić information content (AvgIpc) is 3.09. The number of carbonyl (C=O) groups is 1. The summed E-state index contributed by atoms with van der Waals surface area (Å²) in [5.74, 6) is -0.318. The Morgan fingerprint density at radius 2 is 1.47 bits per heavy atom. The molecule has 3 aromatic carbocycles. The third kappa shape index (κ3) is 3.19. The molecular formula is C25H21ClN2O2. The summed E-state index contributed by atoms with van der Waals surface area (Å²) in [7, 11) is 0. The predicted octanol–water partition coefficient (Wildman–Crippen LogP) is 4.86. The lowest BCUT2D eigenvalue weighted by molar-refractivity contribution is -0.139. The molecule has 0 aliphatic carbocycles. The van der Waals surface area contributed by atoms with Gasteiger partial charge in [-0.15, -0.1) is 0 Å². The van der Waals surface area contributed by atoms with Gasteiger partial charge in [0.1, 0.15) is 11.4 Å². The van der Waals surface area contributed by atoms with Gasteiger partial charge in [-0.3, -0.25) is 0 Å². The Morgan fingerprint density at radius 3 is 1.97 bits per heavy atom. The smallest absolute Gasteiger partial charge is 0.339 e. The lowest BCUT2D eigenvalue weighted by Crippen LogP contribution is -2.41. The molecule has 0 saturated heterocycles. The molecule has 0 aromatic heterocycles. The van der Waals surface area contributed by atoms with E-state index in [9.17, 15) is 4.79 Å². The van der Waals surface area contributed by atoms with Gasteiger partial charge in [-0.1, -0.05) is 84.4 Å².